The summed E-state index contributed by atoms with van der Waals surface area (Å²) in [5.41, 5.74) is 10.4. The van der Waals surface area contributed by atoms with Gasteiger partial charge in [0.25, 0.3) is 0 Å². The van der Waals surface area contributed by atoms with Gasteiger partial charge in [0.05, 0.1) is 6.04 Å². The first-order valence-corrected chi connectivity index (χ1v) is 3.37. The lowest BCUT2D eigenvalue weighted by Crippen LogP contribution is -2.38. The summed E-state index contributed by atoms with van der Waals surface area (Å²) < 4.78 is 1.45. The van der Waals surface area contributed by atoms with Crippen molar-refractivity contribution in [1.82, 2.24) is 20.2 Å². The zero-order valence-electron chi connectivity index (χ0n) is 6.64. The SMILES string of the molecule is Cn1nnnc1CC(N)C(N)=O. The van der Waals surface area contributed by atoms with Crippen molar-refractivity contribution in [2.24, 2.45) is 18.5 Å². The van der Waals surface area contributed by atoms with Crippen LogP contribution in [0.15, 0.2) is 0 Å². The van der Waals surface area contributed by atoms with Crippen LogP contribution < -0.4 is 11.5 Å². The Labute approximate surface area is 68.7 Å². The number of amides is 1. The fourth-order valence-electron chi connectivity index (χ4n) is 0.718. The third-order valence-electron chi connectivity index (χ3n) is 1.48. The lowest BCUT2D eigenvalue weighted by molar-refractivity contribution is -0.119. The molecule has 0 aliphatic carbocycles. The fraction of sp³-hybridized carbons (Fsp3) is 0.600. The van der Waals surface area contributed by atoms with Crippen LogP contribution in [0.2, 0.25) is 0 Å². The highest BCUT2D eigenvalue weighted by Gasteiger charge is 2.13. The Morgan fingerprint density at radius 3 is 2.83 bits per heavy atom. The van der Waals surface area contributed by atoms with Crippen LogP contribution in [0.1, 0.15) is 5.82 Å². The van der Waals surface area contributed by atoms with Crippen molar-refractivity contribution >= 4 is 5.91 Å². The Kier molecular flexibility index (Phi) is 2.34. The molecule has 1 atom stereocenters. The highest BCUT2D eigenvalue weighted by atomic mass is 16.1. The van der Waals surface area contributed by atoms with E-state index in [4.69, 9.17) is 11.5 Å². The first-order valence-electron chi connectivity index (χ1n) is 3.37. The Bertz CT molecular complexity index is 281. The van der Waals surface area contributed by atoms with E-state index in [0.717, 1.165) is 0 Å². The van der Waals surface area contributed by atoms with E-state index in [9.17, 15) is 4.79 Å². The van der Waals surface area contributed by atoms with Crippen LogP contribution in [0.3, 0.4) is 0 Å². The highest BCUT2D eigenvalue weighted by Crippen LogP contribution is 1.93. The van der Waals surface area contributed by atoms with Gasteiger partial charge >= 0.3 is 0 Å². The summed E-state index contributed by atoms with van der Waals surface area (Å²) in [6.45, 7) is 0. The number of hydrogen-bond acceptors (Lipinski definition) is 5. The number of rotatable bonds is 3. The van der Waals surface area contributed by atoms with Crippen molar-refractivity contribution < 1.29 is 4.79 Å². The first kappa shape index (κ1) is 8.60. The number of aromatic nitrogens is 4. The summed E-state index contributed by atoms with van der Waals surface area (Å²) in [4.78, 5) is 10.6. The molecule has 1 amide bonds. The molecule has 4 N–H and O–H groups in total. The van der Waals surface area contributed by atoms with E-state index < -0.39 is 11.9 Å². The molecule has 0 bridgehead atoms. The van der Waals surface area contributed by atoms with Crippen LogP contribution in [0.4, 0.5) is 0 Å². The zero-order chi connectivity index (χ0) is 9.14. The minimum absolute atomic E-state index is 0.263. The molecule has 0 saturated carbocycles. The van der Waals surface area contributed by atoms with E-state index in [1.807, 2.05) is 0 Å². The third kappa shape index (κ3) is 1.76. The molecule has 12 heavy (non-hydrogen) atoms. The van der Waals surface area contributed by atoms with Crippen LogP contribution in [0, 0.1) is 0 Å². The van der Waals surface area contributed by atoms with Crippen LogP contribution in [-0.2, 0) is 18.3 Å². The van der Waals surface area contributed by atoms with E-state index in [-0.39, 0.29) is 6.42 Å². The van der Waals surface area contributed by atoms with Gasteiger partial charge in [-0.1, -0.05) is 0 Å². The quantitative estimate of drug-likeness (QED) is 0.523. The molecule has 1 aromatic heterocycles. The summed E-state index contributed by atoms with van der Waals surface area (Å²) in [7, 11) is 1.67. The largest absolute Gasteiger partial charge is 0.368 e. The van der Waals surface area contributed by atoms with Crippen molar-refractivity contribution in [3.63, 3.8) is 0 Å². The molecule has 1 heterocycles. The maximum absolute atomic E-state index is 10.6. The van der Waals surface area contributed by atoms with Crippen molar-refractivity contribution in [2.75, 3.05) is 0 Å². The predicted molar refractivity (Wildman–Crippen MR) is 39.7 cm³/mol. The molecule has 0 spiro atoms. The lowest BCUT2D eigenvalue weighted by atomic mass is 10.2. The molecule has 0 aliphatic heterocycles. The fourth-order valence-corrected chi connectivity index (χ4v) is 0.718. The van der Waals surface area contributed by atoms with Gasteiger partial charge in [-0.3, -0.25) is 4.79 Å². The molecular formula is C5H10N6O. The Hall–Kier alpha value is -1.50. The van der Waals surface area contributed by atoms with Gasteiger partial charge in [-0.15, -0.1) is 5.10 Å². The average Bonchev–Trinajstić information content (AvgIpc) is 2.36. The van der Waals surface area contributed by atoms with E-state index in [2.05, 4.69) is 15.5 Å². The maximum atomic E-state index is 10.6. The second-order valence-electron chi connectivity index (χ2n) is 2.43. The Balaban J connectivity index is 2.64. The molecule has 66 valence electrons. The summed E-state index contributed by atoms with van der Waals surface area (Å²) in [5.74, 6) is -0.0145. The zero-order valence-corrected chi connectivity index (χ0v) is 6.64. The molecule has 7 nitrogen and oxygen atoms in total. The molecule has 0 radical (unpaired) electrons. The molecule has 1 unspecified atom stereocenters. The van der Waals surface area contributed by atoms with E-state index in [1.165, 1.54) is 4.68 Å². The minimum atomic E-state index is -0.727. The molecule has 0 fully saturated rings. The summed E-state index contributed by atoms with van der Waals surface area (Å²) in [6, 6.07) is -0.727. The van der Waals surface area contributed by atoms with Gasteiger partial charge in [-0.05, 0) is 10.4 Å². The maximum Gasteiger partial charge on any atom is 0.234 e. The van der Waals surface area contributed by atoms with Crippen molar-refractivity contribution in [1.29, 1.82) is 0 Å². The Morgan fingerprint density at radius 2 is 2.42 bits per heavy atom. The molecule has 1 aromatic rings. The van der Waals surface area contributed by atoms with Gasteiger partial charge in [0, 0.05) is 13.5 Å². The lowest BCUT2D eigenvalue weighted by Gasteiger charge is -2.04. The molecule has 0 aromatic carbocycles. The average molecular weight is 170 g/mol. The van der Waals surface area contributed by atoms with Gasteiger partial charge < -0.3 is 11.5 Å². The van der Waals surface area contributed by atoms with Gasteiger partial charge in [-0.25, -0.2) is 4.68 Å². The Morgan fingerprint density at radius 1 is 1.75 bits per heavy atom. The number of primary amides is 1. The van der Waals surface area contributed by atoms with Gasteiger partial charge in [0.2, 0.25) is 5.91 Å². The molecule has 0 saturated heterocycles. The van der Waals surface area contributed by atoms with Gasteiger partial charge in [0.1, 0.15) is 0 Å². The molecule has 1 rings (SSSR count). The van der Waals surface area contributed by atoms with Crippen molar-refractivity contribution in [3.05, 3.63) is 5.82 Å². The minimum Gasteiger partial charge on any atom is -0.368 e. The molecular weight excluding hydrogens is 160 g/mol. The second-order valence-corrected chi connectivity index (χ2v) is 2.43. The number of hydrogen-bond donors (Lipinski definition) is 2. The third-order valence-corrected chi connectivity index (χ3v) is 1.48. The van der Waals surface area contributed by atoms with Crippen LogP contribution >= 0.6 is 0 Å². The van der Waals surface area contributed by atoms with Gasteiger partial charge in [-0.2, -0.15) is 0 Å². The number of nitrogens with zero attached hydrogens (tertiary/aromatic N) is 4. The summed E-state index contributed by atoms with van der Waals surface area (Å²) in [6.07, 6.45) is 0.263. The monoisotopic (exact) mass is 170 g/mol. The second kappa shape index (κ2) is 3.26. The van der Waals surface area contributed by atoms with Gasteiger partial charge in [0.15, 0.2) is 5.82 Å². The van der Waals surface area contributed by atoms with E-state index in [0.29, 0.717) is 5.82 Å². The molecule has 0 aliphatic rings. The topological polar surface area (TPSA) is 113 Å². The number of nitrogens with two attached hydrogens (primary N) is 2. The van der Waals surface area contributed by atoms with E-state index in [1.54, 1.807) is 7.05 Å². The summed E-state index contributed by atoms with van der Waals surface area (Å²) >= 11 is 0. The van der Waals surface area contributed by atoms with Crippen molar-refractivity contribution in [3.8, 4) is 0 Å². The predicted octanol–water partition coefficient (Wildman–Crippen LogP) is -2.43. The smallest absolute Gasteiger partial charge is 0.234 e. The van der Waals surface area contributed by atoms with Crippen molar-refractivity contribution in [2.45, 2.75) is 12.5 Å². The van der Waals surface area contributed by atoms with Crippen LogP contribution in [0.5, 0.6) is 0 Å². The standard InChI is InChI=1S/C5H10N6O/c1-11-4(8-9-10-11)2-3(6)5(7)12/h3H,2,6H2,1H3,(H2,7,12). The first-order chi connectivity index (χ1) is 5.61. The number of carbonyl (C=O) groups is 1. The number of aryl methyl sites for hydroxylation is 1. The normalized spacial score (nSPS) is 12.8. The molecule has 7 heteroatoms. The van der Waals surface area contributed by atoms with E-state index >= 15 is 0 Å². The van der Waals surface area contributed by atoms with Crippen LogP contribution in [-0.4, -0.2) is 32.2 Å². The van der Waals surface area contributed by atoms with Crippen LogP contribution in [0.25, 0.3) is 0 Å². The summed E-state index contributed by atoms with van der Waals surface area (Å²) in [5, 5.41) is 10.6. The highest BCUT2D eigenvalue weighted by molar-refractivity contribution is 5.79. The number of carbonyl (C=O) groups excluding carboxylic acids is 1. The number of tetrazole rings is 1.